The number of rotatable bonds is 6. The zero-order valence-corrected chi connectivity index (χ0v) is 10.3. The Morgan fingerprint density at radius 2 is 1.82 bits per heavy atom. The number of Topliss-reactive ketones (excluding diaryl/α,β-unsaturated/α-hetero) is 1. The molecule has 1 rings (SSSR count). The summed E-state index contributed by atoms with van der Waals surface area (Å²) in [6.45, 7) is 4.04. The van der Waals surface area contributed by atoms with Gasteiger partial charge in [0.25, 0.3) is 0 Å². The van der Waals surface area contributed by atoms with Gasteiger partial charge >= 0.3 is 5.97 Å². The highest BCUT2D eigenvalue weighted by atomic mass is 16.5. The summed E-state index contributed by atoms with van der Waals surface area (Å²) in [4.78, 5) is 23.7. The molecule has 1 aromatic carbocycles. The number of ether oxygens (including phenoxy) is 1. The normalized spacial score (nSPS) is 11.9. The van der Waals surface area contributed by atoms with Gasteiger partial charge in [-0.15, -0.1) is 0 Å². The van der Waals surface area contributed by atoms with Crippen molar-refractivity contribution in [2.24, 2.45) is 0 Å². The van der Waals surface area contributed by atoms with E-state index in [2.05, 4.69) is 0 Å². The summed E-state index contributed by atoms with van der Waals surface area (Å²) in [7, 11) is 0. The molecule has 0 N–H and O–H groups in total. The van der Waals surface area contributed by atoms with Gasteiger partial charge in [0.15, 0.2) is 5.78 Å². The molecule has 3 heteroatoms. The Hall–Kier alpha value is -1.64. The molecule has 3 nitrogen and oxygen atoms in total. The topological polar surface area (TPSA) is 43.4 Å². The maximum absolute atomic E-state index is 11.9. The Kier molecular flexibility index (Phi) is 5.40. The fourth-order valence-electron chi connectivity index (χ4n) is 1.59. The molecule has 0 amide bonds. The molecule has 0 saturated heterocycles. The summed E-state index contributed by atoms with van der Waals surface area (Å²) >= 11 is 0. The molecule has 0 radical (unpaired) electrons. The van der Waals surface area contributed by atoms with E-state index in [9.17, 15) is 9.59 Å². The molecule has 0 aliphatic heterocycles. The van der Waals surface area contributed by atoms with Gasteiger partial charge < -0.3 is 4.74 Å². The predicted molar refractivity (Wildman–Crippen MR) is 65.7 cm³/mol. The van der Waals surface area contributed by atoms with Crippen LogP contribution in [0.5, 0.6) is 0 Å². The van der Waals surface area contributed by atoms with E-state index in [1.807, 2.05) is 25.1 Å². The van der Waals surface area contributed by atoms with Gasteiger partial charge in [-0.3, -0.25) is 9.59 Å². The Bertz CT molecular complexity index is 370. The summed E-state index contributed by atoms with van der Waals surface area (Å²) in [6, 6.07) is 9.06. The first kappa shape index (κ1) is 13.4. The summed E-state index contributed by atoms with van der Waals surface area (Å²) in [6.07, 6.45) is 1.09. The number of carbonyl (C=O) groups excluding carboxylic acids is 2. The van der Waals surface area contributed by atoms with Crippen molar-refractivity contribution < 1.29 is 14.3 Å². The Morgan fingerprint density at radius 1 is 1.18 bits per heavy atom. The van der Waals surface area contributed by atoms with E-state index < -0.39 is 11.9 Å². The third kappa shape index (κ3) is 3.70. The van der Waals surface area contributed by atoms with Crippen LogP contribution in [-0.2, 0) is 14.3 Å². The Morgan fingerprint density at radius 3 is 2.35 bits per heavy atom. The summed E-state index contributed by atoms with van der Waals surface area (Å²) in [5.74, 6) is -1.31. The molecule has 0 bridgehead atoms. The molecule has 0 heterocycles. The maximum Gasteiger partial charge on any atom is 0.321 e. The zero-order chi connectivity index (χ0) is 12.7. The fraction of sp³-hybridized carbons (Fsp3) is 0.429. The van der Waals surface area contributed by atoms with Crippen LogP contribution in [-0.4, -0.2) is 18.4 Å². The molecular formula is C14H18O3. The largest absolute Gasteiger partial charge is 0.465 e. The molecule has 1 unspecified atom stereocenters. The molecule has 0 spiro atoms. The highest BCUT2D eigenvalue weighted by Crippen LogP contribution is 2.20. The van der Waals surface area contributed by atoms with Crippen molar-refractivity contribution in [3.8, 4) is 0 Å². The second kappa shape index (κ2) is 6.84. The molecular weight excluding hydrogens is 216 g/mol. The standard InChI is InChI=1S/C14H18O3/c1-3-10-17-14(16)13(12(15)4-2)11-8-6-5-7-9-11/h5-9,13H,3-4,10H2,1-2H3. The quantitative estimate of drug-likeness (QED) is 0.561. The van der Waals surface area contributed by atoms with Crippen LogP contribution >= 0.6 is 0 Å². The molecule has 1 aromatic rings. The first-order chi connectivity index (χ1) is 8.20. The average molecular weight is 234 g/mol. The second-order valence-corrected chi connectivity index (χ2v) is 3.83. The minimum atomic E-state index is -0.771. The Balaban J connectivity index is 2.89. The summed E-state index contributed by atoms with van der Waals surface area (Å²) in [5.41, 5.74) is 0.709. The van der Waals surface area contributed by atoms with Crippen molar-refractivity contribution in [1.82, 2.24) is 0 Å². The third-order valence-electron chi connectivity index (χ3n) is 2.49. The monoisotopic (exact) mass is 234 g/mol. The van der Waals surface area contributed by atoms with Crippen LogP contribution in [0, 0.1) is 0 Å². The van der Waals surface area contributed by atoms with Crippen molar-refractivity contribution in [2.75, 3.05) is 6.61 Å². The molecule has 0 aliphatic rings. The maximum atomic E-state index is 11.9. The third-order valence-corrected chi connectivity index (χ3v) is 2.49. The van der Waals surface area contributed by atoms with Gasteiger partial charge in [-0.05, 0) is 12.0 Å². The number of carbonyl (C=O) groups is 2. The molecule has 0 fully saturated rings. The molecule has 0 aliphatic carbocycles. The highest BCUT2D eigenvalue weighted by molar-refractivity contribution is 6.04. The van der Waals surface area contributed by atoms with E-state index in [0.717, 1.165) is 6.42 Å². The van der Waals surface area contributed by atoms with Crippen molar-refractivity contribution in [3.05, 3.63) is 35.9 Å². The number of benzene rings is 1. The van der Waals surface area contributed by atoms with Gasteiger partial charge in [-0.1, -0.05) is 44.2 Å². The van der Waals surface area contributed by atoms with E-state index in [1.54, 1.807) is 19.1 Å². The molecule has 1 atom stereocenters. The van der Waals surface area contributed by atoms with E-state index in [1.165, 1.54) is 0 Å². The summed E-state index contributed by atoms with van der Waals surface area (Å²) < 4.78 is 5.07. The van der Waals surface area contributed by atoms with E-state index in [0.29, 0.717) is 18.6 Å². The van der Waals surface area contributed by atoms with Crippen LogP contribution in [0.25, 0.3) is 0 Å². The van der Waals surface area contributed by atoms with Gasteiger partial charge in [-0.25, -0.2) is 0 Å². The minimum absolute atomic E-state index is 0.0997. The smallest absolute Gasteiger partial charge is 0.321 e. The number of hydrogen-bond acceptors (Lipinski definition) is 3. The second-order valence-electron chi connectivity index (χ2n) is 3.83. The molecule has 0 aromatic heterocycles. The molecule has 17 heavy (non-hydrogen) atoms. The first-order valence-corrected chi connectivity index (χ1v) is 5.95. The van der Waals surface area contributed by atoms with Crippen molar-refractivity contribution >= 4 is 11.8 Å². The lowest BCUT2D eigenvalue weighted by molar-refractivity contribution is -0.148. The minimum Gasteiger partial charge on any atom is -0.465 e. The van der Waals surface area contributed by atoms with Crippen LogP contribution < -0.4 is 0 Å². The van der Waals surface area contributed by atoms with Crippen LogP contribution in [0.3, 0.4) is 0 Å². The van der Waals surface area contributed by atoms with Gasteiger partial charge in [0.2, 0.25) is 0 Å². The van der Waals surface area contributed by atoms with Gasteiger partial charge in [0, 0.05) is 6.42 Å². The van der Waals surface area contributed by atoms with Crippen molar-refractivity contribution in [2.45, 2.75) is 32.6 Å². The molecule has 92 valence electrons. The lowest BCUT2D eigenvalue weighted by atomic mass is 9.93. The number of esters is 1. The average Bonchev–Trinajstić information content (AvgIpc) is 2.37. The van der Waals surface area contributed by atoms with Crippen molar-refractivity contribution in [1.29, 1.82) is 0 Å². The fourth-order valence-corrected chi connectivity index (χ4v) is 1.59. The van der Waals surface area contributed by atoms with E-state index in [-0.39, 0.29) is 5.78 Å². The van der Waals surface area contributed by atoms with Crippen LogP contribution in [0.15, 0.2) is 30.3 Å². The van der Waals surface area contributed by atoms with E-state index >= 15 is 0 Å². The Labute approximate surface area is 102 Å². The van der Waals surface area contributed by atoms with Gasteiger partial charge in [0.05, 0.1) is 6.61 Å². The molecule has 0 saturated carbocycles. The predicted octanol–water partition coefficient (Wildman–Crippen LogP) is 2.70. The summed E-state index contributed by atoms with van der Waals surface area (Å²) in [5, 5.41) is 0. The number of hydrogen-bond donors (Lipinski definition) is 0. The lowest BCUT2D eigenvalue weighted by Gasteiger charge is -2.14. The number of ketones is 1. The highest BCUT2D eigenvalue weighted by Gasteiger charge is 2.28. The van der Waals surface area contributed by atoms with E-state index in [4.69, 9.17) is 4.74 Å². The lowest BCUT2D eigenvalue weighted by Crippen LogP contribution is -2.24. The van der Waals surface area contributed by atoms with Gasteiger partial charge in [0.1, 0.15) is 5.92 Å². The van der Waals surface area contributed by atoms with Crippen molar-refractivity contribution in [3.63, 3.8) is 0 Å². The SMILES string of the molecule is CCCOC(=O)C(C(=O)CC)c1ccccc1. The van der Waals surface area contributed by atoms with Crippen LogP contribution in [0.4, 0.5) is 0 Å². The van der Waals surface area contributed by atoms with Gasteiger partial charge in [-0.2, -0.15) is 0 Å². The first-order valence-electron chi connectivity index (χ1n) is 5.95. The van der Waals surface area contributed by atoms with Crippen LogP contribution in [0.2, 0.25) is 0 Å². The zero-order valence-electron chi connectivity index (χ0n) is 10.3. The van der Waals surface area contributed by atoms with Crippen LogP contribution in [0.1, 0.15) is 38.2 Å².